The van der Waals surface area contributed by atoms with E-state index in [9.17, 15) is 32.7 Å². The van der Waals surface area contributed by atoms with Crippen LogP contribution in [-0.4, -0.2) is 114 Å². The van der Waals surface area contributed by atoms with Crippen LogP contribution in [0.15, 0.2) is 43.0 Å². The highest BCUT2D eigenvalue weighted by Crippen LogP contribution is 2.45. The molecule has 5 amide bonds. The minimum absolute atomic E-state index is 0.0136. The molecule has 3 heterocycles. The molecule has 0 unspecified atom stereocenters. The van der Waals surface area contributed by atoms with E-state index in [4.69, 9.17) is 9.47 Å². The number of urea groups is 1. The molecule has 5 fully saturated rings. The van der Waals surface area contributed by atoms with Gasteiger partial charge in [-0.25, -0.2) is 18.2 Å². The average molecular weight is 835 g/mol. The number of pyridine rings is 1. The Kier molecular flexibility index (Phi) is 13.1. The number of unbranched alkanes of at least 4 members (excludes halogenated alkanes) is 1. The molecule has 1 aromatic heterocycles. The minimum atomic E-state index is -3.82. The number of nitrogens with zero attached hydrogens (tertiary/aromatic N) is 3. The molecule has 0 bridgehead atoms. The number of aromatic nitrogens is 1. The predicted octanol–water partition coefficient (Wildman–Crippen LogP) is 4.54. The molecule has 3 saturated carbocycles. The van der Waals surface area contributed by atoms with E-state index >= 15 is 0 Å². The van der Waals surface area contributed by atoms with Crippen molar-refractivity contribution in [3.8, 4) is 11.6 Å². The van der Waals surface area contributed by atoms with Crippen molar-refractivity contribution < 1.29 is 42.2 Å². The molecule has 4 N–H and O–H groups in total. The normalized spacial score (nSPS) is 24.5. The number of fused-ring (bicyclic) bond motifs is 1. The van der Waals surface area contributed by atoms with E-state index in [-0.39, 0.29) is 36.3 Å². The summed E-state index contributed by atoms with van der Waals surface area (Å²) in [5.74, 6) is -1.43. The van der Waals surface area contributed by atoms with E-state index < -0.39 is 50.6 Å². The zero-order chi connectivity index (χ0) is 41.7. The van der Waals surface area contributed by atoms with Crippen molar-refractivity contribution in [2.75, 3.05) is 33.4 Å². The number of ether oxygens (including phenoxy) is 2. The van der Waals surface area contributed by atoms with Gasteiger partial charge in [-0.05, 0) is 94.7 Å². The number of sulfonamides is 1. The fourth-order valence-corrected chi connectivity index (χ4v) is 10.2. The van der Waals surface area contributed by atoms with Crippen LogP contribution in [-0.2, 0) is 29.1 Å². The van der Waals surface area contributed by atoms with Crippen molar-refractivity contribution in [3.05, 3.63) is 48.6 Å². The summed E-state index contributed by atoms with van der Waals surface area (Å²) in [5, 5.41) is 16.6. The Hall–Kier alpha value is -4.70. The van der Waals surface area contributed by atoms with Gasteiger partial charge in [0.1, 0.15) is 23.4 Å². The highest BCUT2D eigenvalue weighted by Gasteiger charge is 2.61. The number of amides is 5. The molecule has 3 aliphatic carbocycles. The second-order valence-corrected chi connectivity index (χ2v) is 18.7. The van der Waals surface area contributed by atoms with Crippen LogP contribution >= 0.6 is 0 Å². The number of piperidine rings is 1. The molecule has 16 heteroatoms. The summed E-state index contributed by atoms with van der Waals surface area (Å²) in [4.78, 5) is 62.9. The van der Waals surface area contributed by atoms with Crippen LogP contribution in [0.3, 0.4) is 0 Å². The van der Waals surface area contributed by atoms with Gasteiger partial charge in [0.25, 0.3) is 5.91 Å². The summed E-state index contributed by atoms with van der Waals surface area (Å²) in [6.07, 6.45) is 15.1. The van der Waals surface area contributed by atoms with Crippen molar-refractivity contribution in [1.29, 1.82) is 0 Å². The number of hydrogen-bond acceptors (Lipinski definition) is 10. The monoisotopic (exact) mass is 834 g/mol. The number of allylic oxidation sites excluding steroid dienone is 1. The lowest BCUT2D eigenvalue weighted by molar-refractivity contribution is -0.142. The molecule has 320 valence electrons. The molecule has 2 saturated heterocycles. The maximum absolute atomic E-state index is 14.4. The number of nitrogens with one attached hydrogen (secondary N) is 3. The third kappa shape index (κ3) is 9.86. The Morgan fingerprint density at radius 3 is 2.47 bits per heavy atom. The Morgan fingerprint density at radius 1 is 1.02 bits per heavy atom. The van der Waals surface area contributed by atoms with Crippen LogP contribution in [0.5, 0.6) is 11.6 Å². The summed E-state index contributed by atoms with van der Waals surface area (Å²) >= 11 is 0. The van der Waals surface area contributed by atoms with Crippen LogP contribution in [0.2, 0.25) is 0 Å². The van der Waals surface area contributed by atoms with Crippen molar-refractivity contribution in [3.63, 3.8) is 0 Å². The van der Waals surface area contributed by atoms with Crippen molar-refractivity contribution in [1.82, 2.24) is 30.1 Å². The van der Waals surface area contributed by atoms with Gasteiger partial charge in [0, 0.05) is 49.2 Å². The van der Waals surface area contributed by atoms with Gasteiger partial charge in [0.15, 0.2) is 0 Å². The lowest BCUT2D eigenvalue weighted by atomic mass is 9.83. The summed E-state index contributed by atoms with van der Waals surface area (Å²) in [5.41, 5.74) is -0.131. The molecule has 1 aromatic carbocycles. The first-order valence-corrected chi connectivity index (χ1v) is 22.8. The average Bonchev–Trinajstić information content (AvgIpc) is 4.17. The van der Waals surface area contributed by atoms with Crippen molar-refractivity contribution in [2.45, 2.75) is 119 Å². The van der Waals surface area contributed by atoms with E-state index in [0.717, 1.165) is 50.3 Å². The summed E-state index contributed by atoms with van der Waals surface area (Å²) in [7, 11) is -2.24. The van der Waals surface area contributed by atoms with Gasteiger partial charge in [-0.1, -0.05) is 37.5 Å². The van der Waals surface area contributed by atoms with Gasteiger partial charge in [-0.15, -0.1) is 6.58 Å². The van der Waals surface area contributed by atoms with E-state index in [1.165, 1.54) is 0 Å². The summed E-state index contributed by atoms with van der Waals surface area (Å²) in [6.45, 7) is 5.65. The first-order chi connectivity index (χ1) is 28.4. The largest absolute Gasteiger partial charge is 0.497 e. The zero-order valence-corrected chi connectivity index (χ0v) is 34.7. The molecule has 15 nitrogen and oxygen atoms in total. The third-order valence-electron chi connectivity index (χ3n) is 12.7. The molecule has 0 spiro atoms. The fourth-order valence-electron chi connectivity index (χ4n) is 8.86. The molecule has 0 radical (unpaired) electrons. The number of methoxy groups -OCH3 is 1. The van der Waals surface area contributed by atoms with Gasteiger partial charge < -0.3 is 35.0 Å². The van der Waals surface area contributed by atoms with Crippen LogP contribution in [0.4, 0.5) is 4.79 Å². The second-order valence-electron chi connectivity index (χ2n) is 16.8. The highest BCUT2D eigenvalue weighted by molar-refractivity contribution is 7.91. The number of benzene rings is 1. The van der Waals surface area contributed by atoms with Crippen LogP contribution in [0.1, 0.15) is 95.5 Å². The Labute approximate surface area is 346 Å². The SMILES string of the molecule is C=C[C@@H]1C[C@]1(NC(=O)[C@@H]1CCCN1C(=O)[C@@H](NC(=O)N1CCC(OCCC/C=C/c2cc3ccc(OC)cc3nc2O)CC1)C1CCCCC1)C(=O)NS(=O)(=O)C1CC1. The Bertz CT molecular complexity index is 2040. The topological polar surface area (TPSA) is 197 Å². The number of carbonyl (C=O) groups is 4. The molecular formula is C43H58N6O9S. The zero-order valence-electron chi connectivity index (χ0n) is 33.9. The van der Waals surface area contributed by atoms with Gasteiger partial charge in [0.05, 0.1) is 24.0 Å². The van der Waals surface area contributed by atoms with Gasteiger partial charge in [-0.3, -0.25) is 19.1 Å². The Morgan fingerprint density at radius 2 is 1.78 bits per heavy atom. The third-order valence-corrected chi connectivity index (χ3v) is 14.5. The van der Waals surface area contributed by atoms with E-state index in [1.54, 1.807) is 29.1 Å². The quantitative estimate of drug-likeness (QED) is 0.138. The molecular weight excluding hydrogens is 777 g/mol. The number of hydrogen-bond donors (Lipinski definition) is 4. The van der Waals surface area contributed by atoms with Gasteiger partial charge in [0.2, 0.25) is 27.7 Å². The minimum Gasteiger partial charge on any atom is -0.497 e. The first-order valence-electron chi connectivity index (χ1n) is 21.2. The molecule has 5 aliphatic rings. The van der Waals surface area contributed by atoms with Gasteiger partial charge in [-0.2, -0.15) is 0 Å². The molecule has 2 aromatic rings. The number of rotatable bonds is 16. The predicted molar refractivity (Wildman–Crippen MR) is 222 cm³/mol. The van der Waals surface area contributed by atoms with E-state index in [1.807, 2.05) is 30.4 Å². The molecule has 2 aliphatic heterocycles. The van der Waals surface area contributed by atoms with E-state index in [2.05, 4.69) is 26.9 Å². The summed E-state index contributed by atoms with van der Waals surface area (Å²) < 4.78 is 38.7. The highest BCUT2D eigenvalue weighted by atomic mass is 32.2. The number of likely N-dealkylation sites (tertiary alicyclic amines) is 2. The lowest BCUT2D eigenvalue weighted by Gasteiger charge is -2.37. The summed E-state index contributed by atoms with van der Waals surface area (Å²) in [6, 6.07) is 5.49. The smallest absolute Gasteiger partial charge is 0.318 e. The molecule has 7 rings (SSSR count). The van der Waals surface area contributed by atoms with E-state index in [0.29, 0.717) is 81.6 Å². The second kappa shape index (κ2) is 18.3. The van der Waals surface area contributed by atoms with Crippen LogP contribution < -0.4 is 20.1 Å². The molecule has 59 heavy (non-hydrogen) atoms. The maximum Gasteiger partial charge on any atom is 0.318 e. The number of aromatic hydroxyl groups is 1. The van der Waals surface area contributed by atoms with Crippen LogP contribution in [0, 0.1) is 11.8 Å². The molecule has 4 atom stereocenters. The van der Waals surface area contributed by atoms with Crippen LogP contribution in [0.25, 0.3) is 17.0 Å². The standard InChI is InChI=1S/C43H58N6O9S/c1-3-31-27-43(31,41(53)47-59(55,56)34-17-18-34)46-39(51)36-14-10-21-49(36)40(52)37(28-11-6-4-7-12-28)45-42(54)48-22-19-32(20-23-48)58-24-9-5-8-13-30-25-29-15-16-33(57-2)26-35(29)44-38(30)50/h3,8,13,15-16,25-26,28,31-32,34,36-37H,1,4-7,9-12,14,17-24,27H2,2H3,(H,44,50)(H,45,54)(H,46,51)(H,47,53)/b13-8+/t31-,36+,37+,43-/m1/s1. The van der Waals surface area contributed by atoms with Gasteiger partial charge >= 0.3 is 6.03 Å². The first kappa shape index (κ1) is 42.4. The van der Waals surface area contributed by atoms with Crippen molar-refractivity contribution >= 4 is 50.8 Å². The Balaban J connectivity index is 0.892. The van der Waals surface area contributed by atoms with Crippen molar-refractivity contribution in [2.24, 2.45) is 11.8 Å². The number of carbonyl (C=O) groups excluding carboxylic acids is 4. The lowest BCUT2D eigenvalue weighted by Crippen LogP contribution is -2.60. The maximum atomic E-state index is 14.4. The fraction of sp³-hybridized carbons (Fsp3) is 0.605.